The summed E-state index contributed by atoms with van der Waals surface area (Å²) in [6.45, 7) is 1.76. The average Bonchev–Trinajstić information content (AvgIpc) is 3.43. The molecule has 1 aromatic heterocycles. The third-order valence-electron chi connectivity index (χ3n) is 6.41. The van der Waals surface area contributed by atoms with Crippen molar-refractivity contribution in [3.63, 3.8) is 0 Å². The molecule has 182 valence electrons. The van der Waals surface area contributed by atoms with Gasteiger partial charge in [0.15, 0.2) is 5.66 Å². The molecule has 36 heavy (non-hydrogen) atoms. The minimum absolute atomic E-state index is 0.00713. The monoisotopic (exact) mass is 483 g/mol. The zero-order valence-corrected chi connectivity index (χ0v) is 19.5. The van der Waals surface area contributed by atoms with Crippen LogP contribution in [0.5, 0.6) is 11.5 Å². The topological polar surface area (TPSA) is 134 Å². The maximum Gasteiger partial charge on any atom is 0.326 e. The Hall–Kier alpha value is -4.79. The fraction of sp³-hybridized carbons (Fsp3) is 0.148. The number of nitrogens with one attached hydrogen (secondary N) is 2. The molecule has 1 aliphatic heterocycles. The zero-order chi connectivity index (χ0) is 25.3. The predicted molar refractivity (Wildman–Crippen MR) is 137 cm³/mol. The van der Waals surface area contributed by atoms with Gasteiger partial charge in [-0.15, -0.1) is 5.10 Å². The van der Waals surface area contributed by atoms with Gasteiger partial charge in [0, 0.05) is 35.3 Å². The van der Waals surface area contributed by atoms with Gasteiger partial charge in [-0.25, -0.2) is 9.79 Å². The van der Waals surface area contributed by atoms with E-state index in [1.54, 1.807) is 54.4 Å². The fourth-order valence-electron chi connectivity index (χ4n) is 4.57. The Labute approximate surface area is 207 Å². The van der Waals surface area contributed by atoms with E-state index in [0.29, 0.717) is 11.1 Å². The van der Waals surface area contributed by atoms with Crippen LogP contribution >= 0.6 is 0 Å². The van der Waals surface area contributed by atoms with Crippen molar-refractivity contribution in [3.05, 3.63) is 95.7 Å². The summed E-state index contributed by atoms with van der Waals surface area (Å²) < 4.78 is 0. The van der Waals surface area contributed by atoms with Gasteiger partial charge in [0.05, 0.1) is 0 Å². The molecule has 2 unspecified atom stereocenters. The molecule has 0 aliphatic carbocycles. The lowest BCUT2D eigenvalue weighted by Crippen LogP contribution is -2.56. The molecule has 4 aromatic rings. The number of carbonyl (C=O) groups is 1. The van der Waals surface area contributed by atoms with Crippen molar-refractivity contribution in [2.75, 3.05) is 0 Å². The number of aromatic nitrogens is 1. The van der Waals surface area contributed by atoms with Crippen LogP contribution in [0.4, 0.5) is 0 Å². The molecule has 2 heterocycles. The van der Waals surface area contributed by atoms with Crippen LogP contribution in [0.25, 0.3) is 10.9 Å². The average molecular weight is 484 g/mol. The lowest BCUT2D eigenvalue weighted by atomic mass is 9.95. The summed E-state index contributed by atoms with van der Waals surface area (Å²) in [6, 6.07) is 19.8. The van der Waals surface area contributed by atoms with Gasteiger partial charge in [0.2, 0.25) is 5.96 Å². The van der Waals surface area contributed by atoms with E-state index < -0.39 is 17.7 Å². The molecule has 2 atom stereocenters. The molecule has 0 saturated heterocycles. The van der Waals surface area contributed by atoms with Crippen LogP contribution in [0.1, 0.15) is 23.6 Å². The van der Waals surface area contributed by atoms with Gasteiger partial charge < -0.3 is 20.3 Å². The number of aromatic amines is 1. The van der Waals surface area contributed by atoms with Gasteiger partial charge in [-0.05, 0) is 54.4 Å². The number of aliphatic carboxylic acids is 1. The molecule has 0 amide bonds. The number of hydrogen-bond acceptors (Lipinski definition) is 7. The number of H-pyrrole nitrogens is 1. The van der Waals surface area contributed by atoms with Crippen molar-refractivity contribution >= 4 is 29.0 Å². The summed E-state index contributed by atoms with van der Waals surface area (Å²) in [6.07, 6.45) is 3.53. The molecular formula is C27H25N5O4. The highest BCUT2D eigenvalue weighted by molar-refractivity contribution is 5.97. The van der Waals surface area contributed by atoms with Crippen molar-refractivity contribution in [1.82, 2.24) is 15.3 Å². The number of aliphatic imine (C=N–C) groups is 1. The van der Waals surface area contributed by atoms with Gasteiger partial charge >= 0.3 is 5.97 Å². The van der Waals surface area contributed by atoms with Gasteiger partial charge in [-0.3, -0.25) is 10.3 Å². The van der Waals surface area contributed by atoms with Crippen molar-refractivity contribution in [2.24, 2.45) is 10.1 Å². The number of phenols is 2. The fourth-order valence-corrected chi connectivity index (χ4v) is 4.57. The van der Waals surface area contributed by atoms with Crippen LogP contribution in [-0.2, 0) is 16.9 Å². The van der Waals surface area contributed by atoms with Crippen LogP contribution in [0.3, 0.4) is 0 Å². The third kappa shape index (κ3) is 4.11. The van der Waals surface area contributed by atoms with Gasteiger partial charge in [-0.2, -0.15) is 0 Å². The minimum atomic E-state index is -1.19. The summed E-state index contributed by atoms with van der Waals surface area (Å²) in [7, 11) is 0. The Balaban J connectivity index is 1.58. The second kappa shape index (κ2) is 9.10. The first-order chi connectivity index (χ1) is 17.4. The number of fused-ring (bicyclic) bond motifs is 1. The first-order valence-corrected chi connectivity index (χ1v) is 11.4. The number of aromatic hydroxyl groups is 2. The number of carboxylic acids is 1. The summed E-state index contributed by atoms with van der Waals surface area (Å²) in [5.74, 6) is -0.766. The number of guanidine groups is 1. The maximum atomic E-state index is 12.7. The smallest absolute Gasteiger partial charge is 0.326 e. The number of nitrogens with zero attached hydrogens (tertiary/aromatic N) is 3. The highest BCUT2D eigenvalue weighted by atomic mass is 16.4. The molecule has 0 bridgehead atoms. The molecule has 3 aromatic carbocycles. The third-order valence-corrected chi connectivity index (χ3v) is 6.41. The van der Waals surface area contributed by atoms with E-state index >= 15 is 0 Å². The molecule has 0 saturated carbocycles. The Morgan fingerprint density at radius 3 is 2.56 bits per heavy atom. The summed E-state index contributed by atoms with van der Waals surface area (Å²) in [5, 5.41) is 35.9. The number of carboxylic acid groups (broad SMARTS) is 1. The number of hydrogen-bond donors (Lipinski definition) is 5. The van der Waals surface area contributed by atoms with E-state index in [0.717, 1.165) is 16.5 Å². The van der Waals surface area contributed by atoms with E-state index in [1.165, 1.54) is 12.1 Å². The minimum Gasteiger partial charge on any atom is -0.508 e. The first kappa shape index (κ1) is 23.0. The van der Waals surface area contributed by atoms with E-state index in [9.17, 15) is 20.1 Å². The van der Waals surface area contributed by atoms with E-state index in [4.69, 9.17) is 0 Å². The SMILES string of the molecule is CC1(c2ccccc2O)NN=C(/N=C/c2ccc(O)cc2)N1C(Cc1c[nH]c2ccccc12)C(=O)O. The van der Waals surface area contributed by atoms with Crippen molar-refractivity contribution < 1.29 is 20.1 Å². The first-order valence-electron chi connectivity index (χ1n) is 11.4. The highest BCUT2D eigenvalue weighted by Crippen LogP contribution is 2.38. The second-order valence-electron chi connectivity index (χ2n) is 8.75. The van der Waals surface area contributed by atoms with Crippen LogP contribution in [-0.4, -0.2) is 49.4 Å². The molecule has 9 nitrogen and oxygen atoms in total. The van der Waals surface area contributed by atoms with E-state index in [2.05, 4.69) is 20.5 Å². The predicted octanol–water partition coefficient (Wildman–Crippen LogP) is 3.74. The Bertz CT molecular complexity index is 1480. The standard InChI is InChI=1S/C27H25N5O4/c1-27(21-7-3-5-9-24(21)34)31-30-26(29-15-17-10-12-19(33)13-11-17)32(27)23(25(35)36)14-18-16-28-22-8-4-2-6-20(18)22/h2-13,15-16,23,28,31,33-34H,14H2,1H3,(H,35,36)/b29-15+. The quantitative estimate of drug-likeness (QED) is 0.265. The molecule has 5 N–H and O–H groups in total. The summed E-state index contributed by atoms with van der Waals surface area (Å²) in [4.78, 5) is 22.0. The number of para-hydroxylation sites is 2. The van der Waals surface area contributed by atoms with Gasteiger partial charge in [0.25, 0.3) is 0 Å². The largest absolute Gasteiger partial charge is 0.508 e. The van der Waals surface area contributed by atoms with E-state index in [1.807, 2.05) is 30.5 Å². The Morgan fingerprint density at radius 1 is 1.08 bits per heavy atom. The molecule has 0 fully saturated rings. The van der Waals surface area contributed by atoms with Crippen molar-refractivity contribution in [2.45, 2.75) is 25.0 Å². The summed E-state index contributed by atoms with van der Waals surface area (Å²) >= 11 is 0. The number of benzene rings is 3. The molecule has 9 heteroatoms. The Kier molecular flexibility index (Phi) is 5.81. The summed E-state index contributed by atoms with van der Waals surface area (Å²) in [5.41, 5.74) is 4.75. The molecule has 5 rings (SSSR count). The number of phenolic OH excluding ortho intramolecular Hbond substituents is 2. The molecule has 0 radical (unpaired) electrons. The Morgan fingerprint density at radius 2 is 1.81 bits per heavy atom. The zero-order valence-electron chi connectivity index (χ0n) is 19.5. The second-order valence-corrected chi connectivity index (χ2v) is 8.75. The van der Waals surface area contributed by atoms with Crippen molar-refractivity contribution in [3.8, 4) is 11.5 Å². The van der Waals surface area contributed by atoms with Crippen LogP contribution in [0.15, 0.2) is 89.1 Å². The normalized spacial score (nSPS) is 18.4. The van der Waals surface area contributed by atoms with Crippen LogP contribution in [0.2, 0.25) is 0 Å². The van der Waals surface area contributed by atoms with Gasteiger partial charge in [-0.1, -0.05) is 36.4 Å². The molecule has 1 aliphatic rings. The van der Waals surface area contributed by atoms with Crippen LogP contribution < -0.4 is 5.43 Å². The number of rotatable bonds is 6. The van der Waals surface area contributed by atoms with Crippen LogP contribution in [0, 0.1) is 0 Å². The highest BCUT2D eigenvalue weighted by Gasteiger charge is 2.48. The van der Waals surface area contributed by atoms with E-state index in [-0.39, 0.29) is 23.9 Å². The molecule has 0 spiro atoms. The van der Waals surface area contributed by atoms with Gasteiger partial charge in [0.1, 0.15) is 17.5 Å². The molecular weight excluding hydrogens is 458 g/mol. The number of hydrazone groups is 1. The lowest BCUT2D eigenvalue weighted by molar-refractivity contribution is -0.143. The lowest BCUT2D eigenvalue weighted by Gasteiger charge is -2.39. The maximum absolute atomic E-state index is 12.7. The van der Waals surface area contributed by atoms with Crippen molar-refractivity contribution in [1.29, 1.82) is 0 Å².